The van der Waals surface area contributed by atoms with Gasteiger partial charge in [-0.25, -0.2) is 18.1 Å². The number of nitrogens with zero attached hydrogens (tertiary/aromatic N) is 1. The zero-order chi connectivity index (χ0) is 13.7. The predicted octanol–water partition coefficient (Wildman–Crippen LogP) is 0.901. The van der Waals surface area contributed by atoms with Gasteiger partial charge in [-0.3, -0.25) is 0 Å². The summed E-state index contributed by atoms with van der Waals surface area (Å²) >= 11 is 0. The molecule has 1 heterocycles. The number of nitrogens with two attached hydrogens (primary N) is 1. The Labute approximate surface area is 113 Å². The lowest BCUT2D eigenvalue weighted by molar-refractivity contribution is 0.0626. The van der Waals surface area contributed by atoms with E-state index in [1.165, 1.54) is 31.2 Å². The molecule has 0 unspecified atom stereocenters. The Kier molecular flexibility index (Phi) is 4.73. The van der Waals surface area contributed by atoms with Crippen molar-refractivity contribution in [3.8, 4) is 0 Å². The third-order valence-corrected chi connectivity index (χ3v) is 4.57. The van der Waals surface area contributed by atoms with Crippen molar-refractivity contribution in [2.75, 3.05) is 18.9 Å². The van der Waals surface area contributed by atoms with Crippen molar-refractivity contribution in [3.05, 3.63) is 18.3 Å². The monoisotopic (exact) mass is 285 g/mol. The van der Waals surface area contributed by atoms with E-state index in [1.54, 1.807) is 0 Å². The highest BCUT2D eigenvalue weighted by Gasteiger charge is 2.16. The fraction of sp³-hybridized carbons (Fsp3) is 0.583. The zero-order valence-corrected chi connectivity index (χ0v) is 11.5. The normalized spacial score (nSPS) is 16.8. The van der Waals surface area contributed by atoms with Crippen LogP contribution in [0.3, 0.4) is 0 Å². The summed E-state index contributed by atoms with van der Waals surface area (Å²) in [6, 6.07) is 2.89. The Bertz CT molecular complexity index is 495. The Morgan fingerprint density at radius 1 is 1.37 bits per heavy atom. The van der Waals surface area contributed by atoms with Crippen LogP contribution in [0.25, 0.3) is 0 Å². The number of anilines is 1. The molecule has 0 aliphatic heterocycles. The van der Waals surface area contributed by atoms with Crippen LogP contribution in [0.1, 0.15) is 25.7 Å². The van der Waals surface area contributed by atoms with Crippen LogP contribution in [0.4, 0.5) is 5.82 Å². The fourth-order valence-corrected chi connectivity index (χ4v) is 3.05. The largest absolute Gasteiger partial charge is 0.384 e. The molecule has 19 heavy (non-hydrogen) atoms. The molecule has 1 saturated carbocycles. The second-order valence-electron chi connectivity index (χ2n) is 4.59. The number of nitrogen functional groups attached to an aromatic ring is 1. The molecular formula is C12H19N3O3S. The summed E-state index contributed by atoms with van der Waals surface area (Å²) in [6.07, 6.45) is 6.10. The van der Waals surface area contributed by atoms with E-state index < -0.39 is 10.0 Å². The topological polar surface area (TPSA) is 94.3 Å². The van der Waals surface area contributed by atoms with E-state index in [0.717, 1.165) is 12.8 Å². The molecule has 1 aliphatic carbocycles. The number of ether oxygens (including phenoxy) is 1. The number of nitrogens with one attached hydrogen (secondary N) is 1. The fourth-order valence-electron chi connectivity index (χ4n) is 2.09. The Balaban J connectivity index is 1.79. The molecule has 1 aromatic rings. The lowest BCUT2D eigenvalue weighted by Gasteiger charge is -2.11. The predicted molar refractivity (Wildman–Crippen MR) is 72.0 cm³/mol. The molecule has 106 valence electrons. The summed E-state index contributed by atoms with van der Waals surface area (Å²) in [5, 5.41) is 0. The van der Waals surface area contributed by atoms with Gasteiger partial charge in [-0.15, -0.1) is 0 Å². The number of hydrogen-bond acceptors (Lipinski definition) is 5. The molecule has 2 rings (SSSR count). The summed E-state index contributed by atoms with van der Waals surface area (Å²) in [7, 11) is -3.52. The first-order valence-electron chi connectivity index (χ1n) is 6.41. The van der Waals surface area contributed by atoms with Gasteiger partial charge in [0.05, 0.1) is 12.7 Å². The van der Waals surface area contributed by atoms with Gasteiger partial charge >= 0.3 is 0 Å². The van der Waals surface area contributed by atoms with E-state index in [-0.39, 0.29) is 11.4 Å². The van der Waals surface area contributed by atoms with Crippen LogP contribution >= 0.6 is 0 Å². The van der Waals surface area contributed by atoms with E-state index in [0.29, 0.717) is 18.5 Å². The average molecular weight is 285 g/mol. The van der Waals surface area contributed by atoms with Gasteiger partial charge in [-0.05, 0) is 25.0 Å². The van der Waals surface area contributed by atoms with E-state index in [2.05, 4.69) is 9.71 Å². The van der Waals surface area contributed by atoms with Gasteiger partial charge in [0.2, 0.25) is 10.0 Å². The van der Waals surface area contributed by atoms with Gasteiger partial charge in [0.25, 0.3) is 0 Å². The first-order chi connectivity index (χ1) is 9.08. The third kappa shape index (κ3) is 4.15. The van der Waals surface area contributed by atoms with Crippen LogP contribution in [0, 0.1) is 0 Å². The minimum atomic E-state index is -3.52. The standard InChI is InChI=1S/C12H19N3O3S/c13-12-6-5-11(9-14-12)19(16,17)15-7-8-18-10-3-1-2-4-10/h5-6,9-10,15H,1-4,7-8H2,(H2,13,14). The molecule has 1 aromatic heterocycles. The first-order valence-corrected chi connectivity index (χ1v) is 7.89. The molecule has 0 bridgehead atoms. The van der Waals surface area contributed by atoms with Crippen molar-refractivity contribution in [1.82, 2.24) is 9.71 Å². The molecule has 0 aromatic carbocycles. The maximum atomic E-state index is 11.9. The van der Waals surface area contributed by atoms with E-state index in [4.69, 9.17) is 10.5 Å². The van der Waals surface area contributed by atoms with Crippen molar-refractivity contribution >= 4 is 15.8 Å². The van der Waals surface area contributed by atoms with Crippen molar-refractivity contribution in [3.63, 3.8) is 0 Å². The summed E-state index contributed by atoms with van der Waals surface area (Å²) in [4.78, 5) is 3.88. The molecule has 1 fully saturated rings. The molecule has 0 amide bonds. The summed E-state index contributed by atoms with van der Waals surface area (Å²) in [6.45, 7) is 0.662. The lowest BCUT2D eigenvalue weighted by atomic mass is 10.3. The smallest absolute Gasteiger partial charge is 0.242 e. The minimum absolute atomic E-state index is 0.113. The third-order valence-electron chi connectivity index (χ3n) is 3.12. The second kappa shape index (κ2) is 6.31. The number of sulfonamides is 1. The minimum Gasteiger partial charge on any atom is -0.384 e. The highest BCUT2D eigenvalue weighted by atomic mass is 32.2. The Hall–Kier alpha value is -1.18. The maximum absolute atomic E-state index is 11.9. The van der Waals surface area contributed by atoms with Crippen LogP contribution in [-0.2, 0) is 14.8 Å². The summed E-state index contributed by atoms with van der Waals surface area (Å²) in [5.74, 6) is 0.295. The number of aromatic nitrogens is 1. The SMILES string of the molecule is Nc1ccc(S(=O)(=O)NCCOC2CCCC2)cn1. The van der Waals surface area contributed by atoms with E-state index in [1.807, 2.05) is 0 Å². The average Bonchev–Trinajstić information content (AvgIpc) is 2.88. The Morgan fingerprint density at radius 3 is 2.74 bits per heavy atom. The first kappa shape index (κ1) is 14.2. The molecule has 7 heteroatoms. The van der Waals surface area contributed by atoms with Gasteiger partial charge in [0, 0.05) is 12.7 Å². The zero-order valence-electron chi connectivity index (χ0n) is 10.7. The molecular weight excluding hydrogens is 266 g/mol. The van der Waals surface area contributed by atoms with Crippen molar-refractivity contribution in [1.29, 1.82) is 0 Å². The quantitative estimate of drug-likeness (QED) is 0.757. The Morgan fingerprint density at radius 2 is 2.11 bits per heavy atom. The van der Waals surface area contributed by atoms with Gasteiger partial charge < -0.3 is 10.5 Å². The van der Waals surface area contributed by atoms with Crippen molar-refractivity contribution in [2.45, 2.75) is 36.7 Å². The maximum Gasteiger partial charge on any atom is 0.242 e. The highest BCUT2D eigenvalue weighted by molar-refractivity contribution is 7.89. The van der Waals surface area contributed by atoms with Crippen LogP contribution in [-0.4, -0.2) is 32.7 Å². The highest BCUT2D eigenvalue weighted by Crippen LogP contribution is 2.20. The van der Waals surface area contributed by atoms with Gasteiger partial charge in [-0.1, -0.05) is 12.8 Å². The summed E-state index contributed by atoms with van der Waals surface area (Å²) < 4.78 is 31.9. The molecule has 0 radical (unpaired) electrons. The van der Waals surface area contributed by atoms with Gasteiger partial charge in [-0.2, -0.15) is 0 Å². The van der Waals surface area contributed by atoms with E-state index in [9.17, 15) is 8.42 Å². The second-order valence-corrected chi connectivity index (χ2v) is 6.36. The van der Waals surface area contributed by atoms with Gasteiger partial charge in [0.15, 0.2) is 0 Å². The van der Waals surface area contributed by atoms with Crippen LogP contribution < -0.4 is 10.5 Å². The molecule has 6 nitrogen and oxygen atoms in total. The number of pyridine rings is 1. The van der Waals surface area contributed by atoms with E-state index >= 15 is 0 Å². The summed E-state index contributed by atoms with van der Waals surface area (Å²) in [5.41, 5.74) is 5.42. The number of rotatable bonds is 6. The van der Waals surface area contributed by atoms with Crippen LogP contribution in [0.2, 0.25) is 0 Å². The van der Waals surface area contributed by atoms with Gasteiger partial charge in [0.1, 0.15) is 10.7 Å². The van der Waals surface area contributed by atoms with Crippen LogP contribution in [0.5, 0.6) is 0 Å². The van der Waals surface area contributed by atoms with Crippen LogP contribution in [0.15, 0.2) is 23.2 Å². The lowest BCUT2D eigenvalue weighted by Crippen LogP contribution is -2.28. The molecule has 0 atom stereocenters. The van der Waals surface area contributed by atoms with Crippen molar-refractivity contribution in [2.24, 2.45) is 0 Å². The molecule has 1 aliphatic rings. The molecule has 0 spiro atoms. The number of hydrogen-bond donors (Lipinski definition) is 2. The molecule has 0 saturated heterocycles. The molecule has 3 N–H and O–H groups in total. The van der Waals surface area contributed by atoms with Crippen molar-refractivity contribution < 1.29 is 13.2 Å².